The van der Waals surface area contributed by atoms with E-state index in [1.165, 1.54) is 6.20 Å². The van der Waals surface area contributed by atoms with E-state index in [0.29, 0.717) is 11.4 Å². The van der Waals surface area contributed by atoms with E-state index in [1.54, 1.807) is 12.1 Å². The highest BCUT2D eigenvalue weighted by atomic mass is 16.4. The molecule has 0 saturated carbocycles. The number of carboxylic acid groups (broad SMARTS) is 1. The second-order valence-corrected chi connectivity index (χ2v) is 3.75. The van der Waals surface area contributed by atoms with Gasteiger partial charge in [-0.05, 0) is 18.1 Å². The average molecular weight is 219 g/mol. The normalized spacial score (nSPS) is 11.9. The number of carboxylic acids is 1. The second kappa shape index (κ2) is 5.12. The van der Waals surface area contributed by atoms with Crippen LogP contribution in [0.2, 0.25) is 0 Å². The van der Waals surface area contributed by atoms with E-state index >= 15 is 0 Å². The standard InChI is InChI=1S/C11H13N3O2/c1-7(2)10(11(15)16)14-9-4-3-8(5-12)13-6-9/h3-4,6-7,10,14H,1-2H3,(H,15,16)/t10-/m1/s1. The minimum atomic E-state index is -0.903. The van der Waals surface area contributed by atoms with Crippen LogP contribution in [0.5, 0.6) is 0 Å². The molecule has 0 aliphatic heterocycles. The van der Waals surface area contributed by atoms with Crippen molar-refractivity contribution in [3.05, 3.63) is 24.0 Å². The van der Waals surface area contributed by atoms with E-state index in [4.69, 9.17) is 10.4 Å². The number of rotatable bonds is 4. The van der Waals surface area contributed by atoms with Gasteiger partial charge in [-0.3, -0.25) is 0 Å². The SMILES string of the molecule is CC(C)[C@@H](Nc1ccc(C#N)nc1)C(=O)O. The minimum absolute atomic E-state index is 0.0341. The van der Waals surface area contributed by atoms with Gasteiger partial charge in [-0.1, -0.05) is 13.8 Å². The Morgan fingerprint density at radius 3 is 2.62 bits per heavy atom. The zero-order valence-electron chi connectivity index (χ0n) is 9.14. The molecule has 1 rings (SSSR count). The van der Waals surface area contributed by atoms with Crippen LogP contribution in [0.25, 0.3) is 0 Å². The number of aliphatic carboxylic acids is 1. The van der Waals surface area contributed by atoms with Crippen LogP contribution < -0.4 is 5.32 Å². The average Bonchev–Trinajstić information content (AvgIpc) is 2.25. The molecule has 0 aromatic carbocycles. The zero-order valence-corrected chi connectivity index (χ0v) is 9.14. The molecule has 5 heteroatoms. The Balaban J connectivity index is 2.78. The summed E-state index contributed by atoms with van der Waals surface area (Å²) in [4.78, 5) is 14.8. The van der Waals surface area contributed by atoms with Gasteiger partial charge in [0.2, 0.25) is 0 Å². The molecule has 1 heterocycles. The highest BCUT2D eigenvalue weighted by molar-refractivity contribution is 5.77. The third kappa shape index (κ3) is 2.95. The molecule has 84 valence electrons. The fourth-order valence-corrected chi connectivity index (χ4v) is 1.24. The number of pyridine rings is 1. The maximum atomic E-state index is 10.9. The maximum absolute atomic E-state index is 10.9. The largest absolute Gasteiger partial charge is 0.480 e. The van der Waals surface area contributed by atoms with Gasteiger partial charge in [0.15, 0.2) is 0 Å². The predicted molar refractivity (Wildman–Crippen MR) is 58.8 cm³/mol. The van der Waals surface area contributed by atoms with Crippen LogP contribution in [0.1, 0.15) is 19.5 Å². The molecule has 1 atom stereocenters. The highest BCUT2D eigenvalue weighted by Gasteiger charge is 2.20. The summed E-state index contributed by atoms with van der Waals surface area (Å²) >= 11 is 0. The van der Waals surface area contributed by atoms with Gasteiger partial charge in [0.1, 0.15) is 17.8 Å². The lowest BCUT2D eigenvalue weighted by Crippen LogP contribution is -2.34. The summed E-state index contributed by atoms with van der Waals surface area (Å²) in [5, 5.41) is 20.4. The van der Waals surface area contributed by atoms with Gasteiger partial charge in [0.05, 0.1) is 11.9 Å². The maximum Gasteiger partial charge on any atom is 0.326 e. The number of anilines is 1. The van der Waals surface area contributed by atoms with Crippen molar-refractivity contribution in [2.24, 2.45) is 5.92 Å². The quantitative estimate of drug-likeness (QED) is 0.800. The Hall–Kier alpha value is -2.09. The summed E-state index contributed by atoms with van der Waals surface area (Å²) in [6, 6.07) is 4.43. The lowest BCUT2D eigenvalue weighted by molar-refractivity contribution is -0.138. The molecule has 2 N–H and O–H groups in total. The Kier molecular flexibility index (Phi) is 3.84. The summed E-state index contributed by atoms with van der Waals surface area (Å²) < 4.78 is 0. The third-order valence-corrected chi connectivity index (χ3v) is 2.13. The van der Waals surface area contributed by atoms with Gasteiger partial charge >= 0.3 is 5.97 Å². The molecule has 0 aliphatic carbocycles. The van der Waals surface area contributed by atoms with Crippen molar-refractivity contribution in [1.29, 1.82) is 5.26 Å². The lowest BCUT2D eigenvalue weighted by Gasteiger charge is -2.18. The highest BCUT2D eigenvalue weighted by Crippen LogP contribution is 2.12. The van der Waals surface area contributed by atoms with Gasteiger partial charge in [-0.2, -0.15) is 5.26 Å². The summed E-state index contributed by atoms with van der Waals surface area (Å²) in [7, 11) is 0. The van der Waals surface area contributed by atoms with Crippen LogP contribution in [0.3, 0.4) is 0 Å². The van der Waals surface area contributed by atoms with E-state index in [9.17, 15) is 4.79 Å². The molecule has 0 unspecified atom stereocenters. The van der Waals surface area contributed by atoms with Gasteiger partial charge in [0, 0.05) is 0 Å². The molecule has 0 bridgehead atoms. The number of nitrogens with zero attached hydrogens (tertiary/aromatic N) is 2. The number of carbonyl (C=O) groups is 1. The number of nitrogens with one attached hydrogen (secondary N) is 1. The zero-order chi connectivity index (χ0) is 12.1. The van der Waals surface area contributed by atoms with Gasteiger partial charge in [-0.25, -0.2) is 9.78 Å². The van der Waals surface area contributed by atoms with E-state index in [2.05, 4.69) is 10.3 Å². The Morgan fingerprint density at radius 2 is 2.25 bits per heavy atom. The third-order valence-electron chi connectivity index (χ3n) is 2.13. The van der Waals surface area contributed by atoms with E-state index in [-0.39, 0.29) is 5.92 Å². The summed E-state index contributed by atoms with van der Waals surface area (Å²) in [6.07, 6.45) is 1.46. The summed E-state index contributed by atoms with van der Waals surface area (Å²) in [6.45, 7) is 3.64. The molecule has 5 nitrogen and oxygen atoms in total. The molecule has 0 saturated heterocycles. The van der Waals surface area contributed by atoms with Crippen molar-refractivity contribution in [1.82, 2.24) is 4.98 Å². The first-order valence-corrected chi connectivity index (χ1v) is 4.90. The number of nitriles is 1. The van der Waals surface area contributed by atoms with Crippen molar-refractivity contribution in [2.75, 3.05) is 5.32 Å². The van der Waals surface area contributed by atoms with Crippen LogP contribution in [-0.2, 0) is 4.79 Å². The molecule has 16 heavy (non-hydrogen) atoms. The molecule has 0 fully saturated rings. The molecular weight excluding hydrogens is 206 g/mol. The number of aromatic nitrogens is 1. The van der Waals surface area contributed by atoms with Crippen LogP contribution in [0.15, 0.2) is 18.3 Å². The second-order valence-electron chi connectivity index (χ2n) is 3.75. The smallest absolute Gasteiger partial charge is 0.326 e. The molecule has 0 amide bonds. The van der Waals surface area contributed by atoms with Gasteiger partial charge < -0.3 is 10.4 Å². The minimum Gasteiger partial charge on any atom is -0.480 e. The lowest BCUT2D eigenvalue weighted by atomic mass is 10.0. The van der Waals surface area contributed by atoms with Crippen molar-refractivity contribution >= 4 is 11.7 Å². The summed E-state index contributed by atoms with van der Waals surface area (Å²) in [5.74, 6) is -0.937. The summed E-state index contributed by atoms with van der Waals surface area (Å²) in [5.41, 5.74) is 0.905. The van der Waals surface area contributed by atoms with Crippen molar-refractivity contribution in [2.45, 2.75) is 19.9 Å². The number of hydrogen-bond acceptors (Lipinski definition) is 4. The first-order valence-electron chi connectivity index (χ1n) is 4.90. The van der Waals surface area contributed by atoms with Crippen LogP contribution in [0, 0.1) is 17.2 Å². The van der Waals surface area contributed by atoms with Gasteiger partial charge in [-0.15, -0.1) is 0 Å². The fourth-order valence-electron chi connectivity index (χ4n) is 1.24. The first-order chi connectivity index (χ1) is 7.54. The van der Waals surface area contributed by atoms with E-state index in [1.807, 2.05) is 19.9 Å². The van der Waals surface area contributed by atoms with Crippen molar-refractivity contribution in [3.63, 3.8) is 0 Å². The monoisotopic (exact) mass is 219 g/mol. The molecule has 1 aromatic rings. The fraction of sp³-hybridized carbons (Fsp3) is 0.364. The molecule has 1 aromatic heterocycles. The van der Waals surface area contributed by atoms with Crippen LogP contribution in [0.4, 0.5) is 5.69 Å². The van der Waals surface area contributed by atoms with Gasteiger partial charge in [0.25, 0.3) is 0 Å². The Bertz CT molecular complexity index is 406. The first kappa shape index (κ1) is 12.0. The molecule has 0 aliphatic rings. The Morgan fingerprint density at radius 1 is 1.56 bits per heavy atom. The Labute approximate surface area is 93.7 Å². The predicted octanol–water partition coefficient (Wildman–Crippen LogP) is 1.47. The van der Waals surface area contributed by atoms with Crippen molar-refractivity contribution in [3.8, 4) is 6.07 Å². The topological polar surface area (TPSA) is 86.0 Å². The molecule has 0 spiro atoms. The van der Waals surface area contributed by atoms with Crippen LogP contribution >= 0.6 is 0 Å². The number of hydrogen-bond donors (Lipinski definition) is 2. The van der Waals surface area contributed by atoms with E-state index in [0.717, 1.165) is 0 Å². The van der Waals surface area contributed by atoms with Crippen molar-refractivity contribution < 1.29 is 9.90 Å². The molecule has 0 radical (unpaired) electrons. The molecular formula is C11H13N3O2. The van der Waals surface area contributed by atoms with E-state index < -0.39 is 12.0 Å². The van der Waals surface area contributed by atoms with Crippen LogP contribution in [-0.4, -0.2) is 22.1 Å².